The molecular weight excluding hydrogens is 502 g/mol. The number of nitriles is 1. The number of hydrogen-bond acceptors (Lipinski definition) is 6. The number of esters is 1. The molecule has 0 saturated carbocycles. The summed E-state index contributed by atoms with van der Waals surface area (Å²) >= 11 is 0. The van der Waals surface area contributed by atoms with Crippen LogP contribution in [0.4, 0.5) is 0 Å². The molecule has 0 N–H and O–H groups in total. The molecule has 1 aliphatic heterocycles. The Morgan fingerprint density at radius 2 is 1.93 bits per heavy atom. The highest BCUT2D eigenvalue weighted by atomic mass is 16.5. The van der Waals surface area contributed by atoms with Gasteiger partial charge in [-0.05, 0) is 85.9 Å². The van der Waals surface area contributed by atoms with Gasteiger partial charge in [0.05, 0.1) is 43.4 Å². The fraction of sp³-hybridized carbons (Fsp3) is 0.303. The highest BCUT2D eigenvalue weighted by molar-refractivity contribution is 5.88. The van der Waals surface area contributed by atoms with Gasteiger partial charge in [0, 0.05) is 17.0 Å². The number of rotatable bonds is 9. The lowest BCUT2D eigenvalue weighted by atomic mass is 9.94. The predicted molar refractivity (Wildman–Crippen MR) is 155 cm³/mol. The van der Waals surface area contributed by atoms with Gasteiger partial charge in [0.2, 0.25) is 0 Å². The zero-order valence-electron chi connectivity index (χ0n) is 23.1. The predicted octanol–water partition coefficient (Wildman–Crippen LogP) is 6.64. The Bertz CT molecular complexity index is 1610. The number of carbonyl (C=O) groups is 1. The van der Waals surface area contributed by atoms with E-state index in [0.717, 1.165) is 45.3 Å². The number of carbonyl (C=O) groups excluding carboxylic acids is 1. The summed E-state index contributed by atoms with van der Waals surface area (Å²) in [7, 11) is 0. The lowest BCUT2D eigenvalue weighted by molar-refractivity contribution is -0.142. The minimum absolute atomic E-state index is 0.148. The van der Waals surface area contributed by atoms with Crippen molar-refractivity contribution in [2.24, 2.45) is 0 Å². The summed E-state index contributed by atoms with van der Waals surface area (Å²) in [6.45, 7) is 7.86. The molecule has 1 aromatic heterocycles. The molecule has 1 aliphatic rings. The van der Waals surface area contributed by atoms with E-state index in [0.29, 0.717) is 31.1 Å². The Morgan fingerprint density at radius 1 is 1.10 bits per heavy atom. The Kier molecular flexibility index (Phi) is 8.28. The maximum Gasteiger partial charge on any atom is 0.310 e. The first-order valence-electron chi connectivity index (χ1n) is 13.7. The van der Waals surface area contributed by atoms with Crippen LogP contribution in [-0.4, -0.2) is 35.6 Å². The van der Waals surface area contributed by atoms with Crippen molar-refractivity contribution in [3.63, 3.8) is 0 Å². The molecule has 0 fully saturated rings. The van der Waals surface area contributed by atoms with E-state index in [2.05, 4.69) is 50.3 Å². The summed E-state index contributed by atoms with van der Waals surface area (Å²) < 4.78 is 18.9. The molecule has 2 heterocycles. The second-order valence-electron chi connectivity index (χ2n) is 10.1. The number of ether oxygens (including phenoxy) is 3. The number of aromatic nitrogens is 2. The van der Waals surface area contributed by atoms with Crippen molar-refractivity contribution in [2.45, 2.75) is 46.3 Å². The molecule has 0 atom stereocenters. The van der Waals surface area contributed by atoms with Crippen LogP contribution < -0.4 is 4.74 Å². The average molecular weight is 536 g/mol. The summed E-state index contributed by atoms with van der Waals surface area (Å²) in [4.78, 5) is 12.1. The van der Waals surface area contributed by atoms with Gasteiger partial charge in [0.15, 0.2) is 0 Å². The van der Waals surface area contributed by atoms with Gasteiger partial charge >= 0.3 is 5.97 Å². The van der Waals surface area contributed by atoms with Crippen molar-refractivity contribution in [3.8, 4) is 22.9 Å². The SMILES string of the molecule is CCOC(=O)Cc1ccccc1OCc1nn(C(C)C)c2ccc(-c3cc(C#N)cc(C4=CCOCC4)c3)cc12. The van der Waals surface area contributed by atoms with Gasteiger partial charge in [-0.3, -0.25) is 9.48 Å². The average Bonchev–Trinajstić information content (AvgIpc) is 3.35. The van der Waals surface area contributed by atoms with Crippen molar-refractivity contribution in [1.29, 1.82) is 5.26 Å². The van der Waals surface area contributed by atoms with Crippen molar-refractivity contribution >= 4 is 22.4 Å². The first kappa shape index (κ1) is 27.2. The van der Waals surface area contributed by atoms with Crippen LogP contribution in [0.3, 0.4) is 0 Å². The Balaban J connectivity index is 1.50. The molecule has 40 heavy (non-hydrogen) atoms. The minimum Gasteiger partial charge on any atom is -0.487 e. The highest BCUT2D eigenvalue weighted by Gasteiger charge is 2.17. The molecular formula is C33H33N3O4. The van der Waals surface area contributed by atoms with Gasteiger partial charge in [0.1, 0.15) is 18.1 Å². The van der Waals surface area contributed by atoms with Crippen LogP contribution in [0.15, 0.2) is 66.7 Å². The summed E-state index contributed by atoms with van der Waals surface area (Å²) in [6, 6.07) is 22.3. The summed E-state index contributed by atoms with van der Waals surface area (Å²) in [5.74, 6) is 0.350. The molecule has 0 spiro atoms. The number of nitrogens with zero attached hydrogens (tertiary/aromatic N) is 3. The van der Waals surface area contributed by atoms with Crippen LogP contribution in [0, 0.1) is 11.3 Å². The van der Waals surface area contributed by atoms with Crippen molar-refractivity contribution in [3.05, 3.63) is 89.1 Å². The number of hydrogen-bond donors (Lipinski definition) is 0. The maximum atomic E-state index is 12.1. The second kappa shape index (κ2) is 12.2. The number of para-hydroxylation sites is 1. The van der Waals surface area contributed by atoms with Crippen LogP contribution in [0.5, 0.6) is 5.75 Å². The molecule has 0 saturated heterocycles. The number of fused-ring (bicyclic) bond motifs is 1. The molecule has 5 rings (SSSR count). The summed E-state index contributed by atoms with van der Waals surface area (Å²) in [5.41, 5.74) is 7.46. The third kappa shape index (κ3) is 5.93. The topological polar surface area (TPSA) is 86.4 Å². The fourth-order valence-electron chi connectivity index (χ4n) is 5.02. The monoisotopic (exact) mass is 535 g/mol. The molecule has 3 aromatic carbocycles. The van der Waals surface area contributed by atoms with Crippen molar-refractivity contribution in [1.82, 2.24) is 9.78 Å². The largest absolute Gasteiger partial charge is 0.487 e. The lowest BCUT2D eigenvalue weighted by Gasteiger charge is -2.15. The molecule has 0 amide bonds. The van der Waals surface area contributed by atoms with E-state index in [1.54, 1.807) is 6.92 Å². The summed E-state index contributed by atoms with van der Waals surface area (Å²) in [6.07, 6.45) is 3.07. The Morgan fingerprint density at radius 3 is 2.67 bits per heavy atom. The zero-order chi connectivity index (χ0) is 28.1. The van der Waals surface area contributed by atoms with E-state index < -0.39 is 0 Å². The van der Waals surface area contributed by atoms with E-state index in [9.17, 15) is 10.1 Å². The van der Waals surface area contributed by atoms with Crippen LogP contribution in [-0.2, 0) is 27.3 Å². The molecule has 7 heteroatoms. The van der Waals surface area contributed by atoms with Gasteiger partial charge in [-0.1, -0.05) is 30.3 Å². The van der Waals surface area contributed by atoms with Gasteiger partial charge < -0.3 is 14.2 Å². The molecule has 7 nitrogen and oxygen atoms in total. The first-order valence-corrected chi connectivity index (χ1v) is 13.7. The summed E-state index contributed by atoms with van der Waals surface area (Å²) in [5, 5.41) is 15.6. The lowest BCUT2D eigenvalue weighted by Crippen LogP contribution is -2.09. The van der Waals surface area contributed by atoms with E-state index in [-0.39, 0.29) is 25.0 Å². The zero-order valence-corrected chi connectivity index (χ0v) is 23.1. The Labute approximate surface area is 234 Å². The third-order valence-corrected chi connectivity index (χ3v) is 6.98. The molecule has 0 unspecified atom stereocenters. The Hall–Kier alpha value is -4.41. The molecule has 4 aromatic rings. The molecule has 204 valence electrons. The first-order chi connectivity index (χ1) is 19.5. The van der Waals surface area contributed by atoms with E-state index in [1.165, 1.54) is 5.57 Å². The number of benzene rings is 3. The maximum absolute atomic E-state index is 12.1. The highest BCUT2D eigenvalue weighted by Crippen LogP contribution is 2.32. The van der Waals surface area contributed by atoms with E-state index >= 15 is 0 Å². The van der Waals surface area contributed by atoms with Gasteiger partial charge in [-0.2, -0.15) is 10.4 Å². The third-order valence-electron chi connectivity index (χ3n) is 6.98. The van der Waals surface area contributed by atoms with Crippen LogP contribution >= 0.6 is 0 Å². The normalized spacial score (nSPS) is 13.2. The van der Waals surface area contributed by atoms with Gasteiger partial charge in [-0.25, -0.2) is 0 Å². The second-order valence-corrected chi connectivity index (χ2v) is 10.1. The molecule has 0 radical (unpaired) electrons. The van der Waals surface area contributed by atoms with E-state index in [4.69, 9.17) is 19.3 Å². The van der Waals surface area contributed by atoms with Crippen molar-refractivity contribution < 1.29 is 19.0 Å². The van der Waals surface area contributed by atoms with Crippen LogP contribution in [0.25, 0.3) is 27.6 Å². The molecule has 0 aliphatic carbocycles. The fourth-order valence-corrected chi connectivity index (χ4v) is 5.02. The van der Waals surface area contributed by atoms with Crippen LogP contribution in [0.1, 0.15) is 55.6 Å². The van der Waals surface area contributed by atoms with Gasteiger partial charge in [0.25, 0.3) is 0 Å². The smallest absolute Gasteiger partial charge is 0.310 e. The minimum atomic E-state index is -0.284. The molecule has 0 bridgehead atoms. The van der Waals surface area contributed by atoms with E-state index in [1.807, 2.05) is 41.1 Å². The van der Waals surface area contributed by atoms with Crippen LogP contribution in [0.2, 0.25) is 0 Å². The van der Waals surface area contributed by atoms with Crippen molar-refractivity contribution in [2.75, 3.05) is 19.8 Å². The quantitative estimate of drug-likeness (QED) is 0.223. The standard InChI is InChI=1S/C33H33N3O4/c1-4-39-33(37)19-26-7-5-6-8-32(26)40-21-30-29-18-25(9-10-31(29)36(35-30)22(2)3)28-16-23(20-34)15-27(17-28)24-11-13-38-14-12-24/h5-11,15-18,22H,4,12-14,19,21H2,1-3H3. The van der Waals surface area contributed by atoms with Gasteiger partial charge in [-0.15, -0.1) is 0 Å².